The lowest BCUT2D eigenvalue weighted by molar-refractivity contribution is 0.645. The molecule has 0 spiro atoms. The van der Waals surface area contributed by atoms with E-state index in [2.05, 4.69) is 64.9 Å². The fourth-order valence-corrected chi connectivity index (χ4v) is 3.23. The van der Waals surface area contributed by atoms with Crippen molar-refractivity contribution in [2.24, 2.45) is 12.0 Å². The minimum atomic E-state index is 0. The number of nitrogens with one attached hydrogen (secondary N) is 2. The highest BCUT2D eigenvalue weighted by Crippen LogP contribution is 2.47. The lowest BCUT2D eigenvalue weighted by Gasteiger charge is -2.19. The van der Waals surface area contributed by atoms with Gasteiger partial charge in [0.1, 0.15) is 0 Å². The van der Waals surface area contributed by atoms with E-state index >= 15 is 0 Å². The molecule has 1 saturated carbocycles. The van der Waals surface area contributed by atoms with E-state index in [0.29, 0.717) is 0 Å². The molecule has 0 aliphatic heterocycles. The molecule has 0 unspecified atom stereocenters. The Morgan fingerprint density at radius 2 is 1.88 bits per heavy atom. The largest absolute Gasteiger partial charge is 0.356 e. The Hall–Kier alpha value is -1.57. The van der Waals surface area contributed by atoms with Crippen molar-refractivity contribution in [1.82, 2.24) is 20.4 Å². The molecule has 0 bridgehead atoms. The quantitative estimate of drug-likeness (QED) is 0.416. The maximum Gasteiger partial charge on any atom is 0.191 e. The minimum absolute atomic E-state index is 0. The maximum absolute atomic E-state index is 4.47. The lowest BCUT2D eigenvalue weighted by Crippen LogP contribution is -2.41. The van der Waals surface area contributed by atoms with Crippen molar-refractivity contribution in [2.45, 2.75) is 38.6 Å². The smallest absolute Gasteiger partial charge is 0.191 e. The zero-order valence-corrected chi connectivity index (χ0v) is 17.8. The van der Waals surface area contributed by atoms with Gasteiger partial charge in [-0.25, -0.2) is 0 Å². The van der Waals surface area contributed by atoms with Gasteiger partial charge in [0.25, 0.3) is 0 Å². The Kier molecular flexibility index (Phi) is 6.48. The number of guanidine groups is 1. The van der Waals surface area contributed by atoms with Gasteiger partial charge in [0.15, 0.2) is 5.96 Å². The van der Waals surface area contributed by atoms with Crippen LogP contribution in [0.2, 0.25) is 0 Å². The van der Waals surface area contributed by atoms with Gasteiger partial charge in [0.2, 0.25) is 0 Å². The van der Waals surface area contributed by atoms with E-state index in [1.54, 1.807) is 0 Å². The first kappa shape index (κ1) is 19.8. The lowest BCUT2D eigenvalue weighted by atomic mass is 9.96. The highest BCUT2D eigenvalue weighted by atomic mass is 127. The molecule has 1 aromatic carbocycles. The second kappa shape index (κ2) is 8.21. The molecule has 0 amide bonds. The van der Waals surface area contributed by atoms with Crippen LogP contribution in [0.1, 0.15) is 35.4 Å². The summed E-state index contributed by atoms with van der Waals surface area (Å²) in [5.41, 5.74) is 5.20. The zero-order valence-electron chi connectivity index (χ0n) is 15.5. The summed E-state index contributed by atoms with van der Waals surface area (Å²) >= 11 is 0. The normalized spacial score (nSPS) is 15.4. The third-order valence-electron chi connectivity index (χ3n) is 5.15. The van der Waals surface area contributed by atoms with Crippen molar-refractivity contribution >= 4 is 29.9 Å². The number of aliphatic imine (C=N–C) groups is 1. The third-order valence-corrected chi connectivity index (χ3v) is 5.15. The standard InChI is InChI=1S/C19H27N5.HI/c1-14-17(15(2)24(4)23-14)12-21-18(20-3)22-13-19(10-11-19)16-8-6-5-7-9-16;/h5-9H,10-13H2,1-4H3,(H2,20,21,22);1H. The SMILES string of the molecule is CN=C(NCc1c(C)nn(C)c1C)NCC1(c2ccccc2)CC1.I. The number of nitrogens with zero attached hydrogens (tertiary/aromatic N) is 3. The Balaban J connectivity index is 0.00000225. The second-order valence-corrected chi connectivity index (χ2v) is 6.70. The summed E-state index contributed by atoms with van der Waals surface area (Å²) in [6.07, 6.45) is 2.48. The predicted molar refractivity (Wildman–Crippen MR) is 114 cm³/mol. The molecule has 0 radical (unpaired) electrons. The van der Waals surface area contributed by atoms with Gasteiger partial charge in [-0.1, -0.05) is 30.3 Å². The van der Waals surface area contributed by atoms with Crippen LogP contribution in [0, 0.1) is 13.8 Å². The summed E-state index contributed by atoms with van der Waals surface area (Å²) in [6, 6.07) is 10.8. The zero-order chi connectivity index (χ0) is 17.2. The van der Waals surface area contributed by atoms with Crippen LogP contribution in [0.5, 0.6) is 0 Å². The predicted octanol–water partition coefficient (Wildman–Crippen LogP) is 3.05. The third kappa shape index (κ3) is 4.34. The molecule has 0 saturated heterocycles. The summed E-state index contributed by atoms with van der Waals surface area (Å²) in [5.74, 6) is 0.847. The monoisotopic (exact) mass is 453 g/mol. The van der Waals surface area contributed by atoms with Crippen molar-refractivity contribution < 1.29 is 0 Å². The fourth-order valence-electron chi connectivity index (χ4n) is 3.23. The van der Waals surface area contributed by atoms with Gasteiger partial charge < -0.3 is 10.6 Å². The summed E-state index contributed by atoms with van der Waals surface area (Å²) < 4.78 is 1.93. The van der Waals surface area contributed by atoms with Crippen LogP contribution in [-0.4, -0.2) is 29.3 Å². The molecule has 5 nitrogen and oxygen atoms in total. The number of hydrogen-bond donors (Lipinski definition) is 2. The Bertz CT molecular complexity index is 732. The molecule has 136 valence electrons. The van der Waals surface area contributed by atoms with Crippen molar-refractivity contribution in [3.63, 3.8) is 0 Å². The Morgan fingerprint density at radius 3 is 2.40 bits per heavy atom. The molecule has 2 N–H and O–H groups in total. The first-order valence-corrected chi connectivity index (χ1v) is 8.55. The molecular formula is C19H28IN5. The number of aromatic nitrogens is 2. The topological polar surface area (TPSA) is 54.2 Å². The van der Waals surface area contributed by atoms with Gasteiger partial charge in [-0.3, -0.25) is 9.67 Å². The molecule has 25 heavy (non-hydrogen) atoms. The maximum atomic E-state index is 4.47. The van der Waals surface area contributed by atoms with Crippen LogP contribution >= 0.6 is 24.0 Å². The van der Waals surface area contributed by atoms with Crippen molar-refractivity contribution in [2.75, 3.05) is 13.6 Å². The molecule has 1 heterocycles. The first-order chi connectivity index (χ1) is 11.6. The molecule has 2 aromatic rings. The molecule has 1 aliphatic carbocycles. The number of aryl methyl sites for hydroxylation is 2. The molecule has 1 aromatic heterocycles. The molecular weight excluding hydrogens is 425 g/mol. The van der Waals surface area contributed by atoms with E-state index < -0.39 is 0 Å². The molecule has 6 heteroatoms. The van der Waals surface area contributed by atoms with Crippen molar-refractivity contribution in [3.8, 4) is 0 Å². The summed E-state index contributed by atoms with van der Waals surface area (Å²) in [4.78, 5) is 4.36. The van der Waals surface area contributed by atoms with E-state index in [-0.39, 0.29) is 29.4 Å². The number of halogens is 1. The summed E-state index contributed by atoms with van der Waals surface area (Å²) in [7, 11) is 3.80. The number of hydrogen-bond acceptors (Lipinski definition) is 2. The van der Waals surface area contributed by atoms with Crippen LogP contribution in [0.25, 0.3) is 0 Å². The van der Waals surface area contributed by atoms with Crippen molar-refractivity contribution in [1.29, 1.82) is 0 Å². The van der Waals surface area contributed by atoms with Crippen LogP contribution in [-0.2, 0) is 19.0 Å². The second-order valence-electron chi connectivity index (χ2n) is 6.70. The van der Waals surface area contributed by atoms with E-state index in [1.165, 1.54) is 29.7 Å². The van der Waals surface area contributed by atoms with Crippen LogP contribution in [0.15, 0.2) is 35.3 Å². The van der Waals surface area contributed by atoms with Gasteiger partial charge in [0.05, 0.1) is 5.69 Å². The van der Waals surface area contributed by atoms with E-state index in [1.807, 2.05) is 18.8 Å². The molecule has 1 fully saturated rings. The van der Waals surface area contributed by atoms with E-state index in [9.17, 15) is 0 Å². The summed E-state index contributed by atoms with van der Waals surface area (Å²) in [5, 5.41) is 11.4. The highest BCUT2D eigenvalue weighted by Gasteiger charge is 2.43. The Labute approximate surface area is 167 Å². The van der Waals surface area contributed by atoms with Crippen LogP contribution in [0.3, 0.4) is 0 Å². The van der Waals surface area contributed by atoms with Gasteiger partial charge in [-0.2, -0.15) is 5.10 Å². The minimum Gasteiger partial charge on any atom is -0.356 e. The van der Waals surface area contributed by atoms with Crippen LogP contribution < -0.4 is 10.6 Å². The first-order valence-electron chi connectivity index (χ1n) is 8.55. The average molecular weight is 453 g/mol. The van der Waals surface area contributed by atoms with Gasteiger partial charge >= 0.3 is 0 Å². The van der Waals surface area contributed by atoms with Gasteiger partial charge in [-0.05, 0) is 32.3 Å². The highest BCUT2D eigenvalue weighted by molar-refractivity contribution is 14.0. The van der Waals surface area contributed by atoms with Gasteiger partial charge in [-0.15, -0.1) is 24.0 Å². The van der Waals surface area contributed by atoms with E-state index in [0.717, 1.165) is 24.7 Å². The molecule has 1 aliphatic rings. The Morgan fingerprint density at radius 1 is 1.20 bits per heavy atom. The van der Waals surface area contributed by atoms with Crippen LogP contribution in [0.4, 0.5) is 0 Å². The fraction of sp³-hybridized carbons (Fsp3) is 0.474. The number of benzene rings is 1. The number of rotatable bonds is 5. The average Bonchev–Trinajstić information content (AvgIpc) is 3.34. The van der Waals surface area contributed by atoms with E-state index in [4.69, 9.17) is 0 Å². The summed E-state index contributed by atoms with van der Waals surface area (Å²) in [6.45, 7) is 5.81. The molecule has 0 atom stereocenters. The van der Waals surface area contributed by atoms with Gasteiger partial charge in [0, 0.05) is 43.9 Å². The van der Waals surface area contributed by atoms with Crippen molar-refractivity contribution in [3.05, 3.63) is 52.8 Å². The molecule has 3 rings (SSSR count).